The van der Waals surface area contributed by atoms with E-state index in [9.17, 15) is 19.5 Å². The van der Waals surface area contributed by atoms with E-state index in [0.717, 1.165) is 44.9 Å². The van der Waals surface area contributed by atoms with Gasteiger partial charge < -0.3 is 23.8 Å². The van der Waals surface area contributed by atoms with Gasteiger partial charge in [0, 0.05) is 19.3 Å². The van der Waals surface area contributed by atoms with E-state index in [-0.39, 0.29) is 42.7 Å². The molecule has 2 unspecified atom stereocenters. The second-order valence-electron chi connectivity index (χ2n) is 15.8. The van der Waals surface area contributed by atoms with E-state index in [4.69, 9.17) is 14.2 Å². The molecule has 0 aliphatic carbocycles. The number of carbonyl (C=O) groups is 3. The lowest BCUT2D eigenvalue weighted by atomic mass is 10.0. The smallest absolute Gasteiger partial charge is 0.362 e. The minimum absolute atomic E-state index is 0.0387. The van der Waals surface area contributed by atoms with E-state index in [2.05, 4.69) is 26.0 Å². The fourth-order valence-corrected chi connectivity index (χ4v) is 6.07. The Morgan fingerprint density at radius 3 is 1.46 bits per heavy atom. The Kier molecular flexibility index (Phi) is 36.9. The first kappa shape index (κ1) is 53.5. The van der Waals surface area contributed by atoms with Crippen LogP contribution in [0.15, 0.2) is 85.1 Å². The summed E-state index contributed by atoms with van der Waals surface area (Å²) in [5, 5.41) is 9.62. The number of likely N-dealkylation sites (N-methyl/N-ethyl adjacent to an activating group) is 1. The Morgan fingerprint density at radius 1 is 0.544 bits per heavy atom. The predicted molar refractivity (Wildman–Crippen MR) is 238 cm³/mol. The zero-order chi connectivity index (χ0) is 42.1. The van der Waals surface area contributed by atoms with Crippen molar-refractivity contribution in [1.29, 1.82) is 0 Å². The number of aliphatic carboxylic acids is 1. The monoisotopic (exact) mass is 797 g/mol. The van der Waals surface area contributed by atoms with E-state index in [0.29, 0.717) is 19.3 Å². The standard InChI is InChI=1S/C49H81NO7/c1-6-8-10-12-14-16-18-20-22-23-24-25-26-28-30-32-34-36-38-40-48(52)57-45(43-55-42-41-46(49(53)54)50(3,4)5)44-56-47(51)39-37-35-33-31-29-27-21-19-17-15-13-11-9-7-2/h8,10,12,14,16,18,20,22-26,28,30,45-46H,6-7,9,11,13,15,17,19,21,27,29,31-44H2,1-5H3/p+1/b10-8+,14-12+,18-16+,22-20+,24-23+,26-25+,30-28+. The fraction of sp³-hybridized carbons (Fsp3) is 0.653. The Bertz CT molecular complexity index is 1200. The lowest BCUT2D eigenvalue weighted by Crippen LogP contribution is -2.50. The SMILES string of the molecule is CC/C=C/C=C/C=C/C=C/C=C/C=C/C=C/CCCCCC(=O)OC(COCCC(C(=O)O)[N+](C)(C)C)COC(=O)CCCCCCCCCCCCCCCC. The molecule has 0 rings (SSSR count). The van der Waals surface area contributed by atoms with Gasteiger partial charge in [-0.05, 0) is 32.1 Å². The van der Waals surface area contributed by atoms with Crippen LogP contribution in [0.2, 0.25) is 0 Å². The van der Waals surface area contributed by atoms with Crippen LogP contribution < -0.4 is 0 Å². The summed E-state index contributed by atoms with van der Waals surface area (Å²) < 4.78 is 17.2. The van der Waals surface area contributed by atoms with Crippen molar-refractivity contribution in [1.82, 2.24) is 0 Å². The van der Waals surface area contributed by atoms with Gasteiger partial charge in [0.2, 0.25) is 0 Å². The number of hydrogen-bond donors (Lipinski definition) is 1. The van der Waals surface area contributed by atoms with Gasteiger partial charge in [-0.25, -0.2) is 4.79 Å². The number of nitrogens with zero attached hydrogens (tertiary/aromatic N) is 1. The summed E-state index contributed by atoms with van der Waals surface area (Å²) >= 11 is 0. The van der Waals surface area contributed by atoms with Crippen LogP contribution in [-0.4, -0.2) is 80.6 Å². The Labute approximate surface area is 348 Å². The van der Waals surface area contributed by atoms with Crippen LogP contribution >= 0.6 is 0 Å². The van der Waals surface area contributed by atoms with Crippen LogP contribution in [0.3, 0.4) is 0 Å². The van der Waals surface area contributed by atoms with Gasteiger partial charge in [-0.1, -0.05) is 189 Å². The number of unbranched alkanes of at least 4 members (excludes halogenated alkanes) is 16. The topological polar surface area (TPSA) is 99.1 Å². The molecule has 0 saturated carbocycles. The molecule has 0 amide bonds. The molecule has 0 fully saturated rings. The summed E-state index contributed by atoms with van der Waals surface area (Å²) in [5.74, 6) is -1.53. The fourth-order valence-electron chi connectivity index (χ4n) is 6.07. The summed E-state index contributed by atoms with van der Waals surface area (Å²) in [6.07, 6.45) is 50.5. The summed E-state index contributed by atoms with van der Waals surface area (Å²) in [4.78, 5) is 37.0. The molecule has 0 bridgehead atoms. The Hall–Kier alpha value is -3.49. The van der Waals surface area contributed by atoms with Crippen molar-refractivity contribution in [2.45, 2.75) is 167 Å². The summed E-state index contributed by atoms with van der Waals surface area (Å²) in [6.45, 7) is 4.53. The first-order chi connectivity index (χ1) is 27.6. The van der Waals surface area contributed by atoms with Gasteiger partial charge in [0.1, 0.15) is 6.61 Å². The molecule has 0 heterocycles. The molecular weight excluding hydrogens is 715 g/mol. The number of quaternary nitrogens is 1. The molecule has 0 aliphatic rings. The second kappa shape index (κ2) is 39.3. The normalized spacial score (nSPS) is 13.8. The van der Waals surface area contributed by atoms with Crippen molar-refractivity contribution in [2.75, 3.05) is 41.0 Å². The maximum absolute atomic E-state index is 12.7. The van der Waals surface area contributed by atoms with Crippen LogP contribution in [0.4, 0.5) is 0 Å². The molecule has 2 atom stereocenters. The largest absolute Gasteiger partial charge is 0.477 e. The molecule has 324 valence electrons. The summed E-state index contributed by atoms with van der Waals surface area (Å²) in [6, 6.07) is -0.627. The number of hydrogen-bond acceptors (Lipinski definition) is 6. The van der Waals surface area contributed by atoms with Crippen LogP contribution in [-0.2, 0) is 28.6 Å². The molecule has 57 heavy (non-hydrogen) atoms. The van der Waals surface area contributed by atoms with Crippen LogP contribution in [0, 0.1) is 0 Å². The number of esters is 2. The van der Waals surface area contributed by atoms with Crippen molar-refractivity contribution in [3.63, 3.8) is 0 Å². The van der Waals surface area contributed by atoms with E-state index >= 15 is 0 Å². The third-order valence-corrected chi connectivity index (χ3v) is 9.50. The van der Waals surface area contributed by atoms with Gasteiger partial charge in [-0.2, -0.15) is 0 Å². The molecule has 0 saturated heterocycles. The average Bonchev–Trinajstić information content (AvgIpc) is 3.17. The van der Waals surface area contributed by atoms with Crippen molar-refractivity contribution < 1.29 is 38.2 Å². The quantitative estimate of drug-likeness (QED) is 0.0287. The van der Waals surface area contributed by atoms with Gasteiger partial charge in [-0.15, -0.1) is 0 Å². The summed E-state index contributed by atoms with van der Waals surface area (Å²) in [7, 11) is 5.50. The minimum atomic E-state index is -0.886. The number of carboxylic acids is 1. The van der Waals surface area contributed by atoms with Gasteiger partial charge in [0.05, 0.1) is 34.4 Å². The predicted octanol–water partition coefficient (Wildman–Crippen LogP) is 12.1. The highest BCUT2D eigenvalue weighted by molar-refractivity contribution is 5.72. The first-order valence-corrected chi connectivity index (χ1v) is 22.2. The molecule has 0 aromatic carbocycles. The minimum Gasteiger partial charge on any atom is -0.477 e. The van der Waals surface area contributed by atoms with Gasteiger partial charge in [-0.3, -0.25) is 9.59 Å². The molecule has 0 aromatic rings. The van der Waals surface area contributed by atoms with Crippen LogP contribution in [0.1, 0.15) is 155 Å². The van der Waals surface area contributed by atoms with Gasteiger partial charge in [0.25, 0.3) is 0 Å². The Balaban J connectivity index is 4.48. The number of ether oxygens (including phenoxy) is 3. The van der Waals surface area contributed by atoms with E-state index in [1.165, 1.54) is 70.6 Å². The lowest BCUT2D eigenvalue weighted by Gasteiger charge is -2.31. The highest BCUT2D eigenvalue weighted by Crippen LogP contribution is 2.14. The van der Waals surface area contributed by atoms with Crippen molar-refractivity contribution >= 4 is 17.9 Å². The molecule has 0 aliphatic heterocycles. The number of carbonyl (C=O) groups excluding carboxylic acids is 2. The first-order valence-electron chi connectivity index (χ1n) is 22.2. The lowest BCUT2D eigenvalue weighted by molar-refractivity contribution is -0.887. The van der Waals surface area contributed by atoms with E-state index in [1.807, 2.05) is 94.1 Å². The summed E-state index contributed by atoms with van der Waals surface area (Å²) in [5.41, 5.74) is 0. The maximum atomic E-state index is 12.7. The molecule has 0 radical (unpaired) electrons. The van der Waals surface area contributed by atoms with E-state index in [1.54, 1.807) is 0 Å². The van der Waals surface area contributed by atoms with E-state index < -0.39 is 18.1 Å². The molecule has 8 nitrogen and oxygen atoms in total. The molecule has 8 heteroatoms. The van der Waals surface area contributed by atoms with Gasteiger partial charge in [0.15, 0.2) is 12.1 Å². The van der Waals surface area contributed by atoms with Gasteiger partial charge >= 0.3 is 17.9 Å². The number of allylic oxidation sites excluding steroid dienone is 14. The second-order valence-corrected chi connectivity index (χ2v) is 15.8. The van der Waals surface area contributed by atoms with Crippen LogP contribution in [0.25, 0.3) is 0 Å². The Morgan fingerprint density at radius 2 is 0.982 bits per heavy atom. The van der Waals surface area contributed by atoms with Crippen molar-refractivity contribution in [3.05, 3.63) is 85.1 Å². The highest BCUT2D eigenvalue weighted by atomic mass is 16.6. The molecule has 0 aromatic heterocycles. The zero-order valence-corrected chi connectivity index (χ0v) is 36.8. The molecule has 0 spiro atoms. The molecule has 1 N–H and O–H groups in total. The third kappa shape index (κ3) is 37.8. The zero-order valence-electron chi connectivity index (χ0n) is 36.8. The molecular formula is C49H82NO7+. The van der Waals surface area contributed by atoms with Crippen molar-refractivity contribution in [2.24, 2.45) is 0 Å². The number of rotatable bonds is 38. The number of carboxylic acid groups (broad SMARTS) is 1. The highest BCUT2D eigenvalue weighted by Gasteiger charge is 2.31. The average molecular weight is 797 g/mol. The van der Waals surface area contributed by atoms with Crippen LogP contribution in [0.5, 0.6) is 0 Å². The third-order valence-electron chi connectivity index (χ3n) is 9.50. The maximum Gasteiger partial charge on any atom is 0.362 e. The van der Waals surface area contributed by atoms with Crippen molar-refractivity contribution in [3.8, 4) is 0 Å².